The summed E-state index contributed by atoms with van der Waals surface area (Å²) in [7, 11) is 0. The lowest BCUT2D eigenvalue weighted by Gasteiger charge is -2.11. The molecule has 0 bridgehead atoms. The molecule has 9 heteroatoms. The molecule has 4 rings (SSSR count). The minimum Gasteiger partial charge on any atom is -0.369 e. The average molecular weight is 504 g/mol. The molecule has 35 heavy (non-hydrogen) atoms. The predicted octanol–water partition coefficient (Wildman–Crippen LogP) is 4.68. The molecule has 0 aliphatic heterocycles. The second-order valence-electron chi connectivity index (χ2n) is 7.68. The maximum Gasteiger partial charge on any atom is 0.272 e. The number of nitriles is 1. The summed E-state index contributed by atoms with van der Waals surface area (Å²) in [5.74, 6) is -1.09. The zero-order valence-corrected chi connectivity index (χ0v) is 19.8. The molecule has 4 aromatic rings. The normalized spacial score (nSPS) is 10.5. The smallest absolute Gasteiger partial charge is 0.272 e. The first-order valence-electron chi connectivity index (χ1n) is 10.6. The van der Waals surface area contributed by atoms with Crippen LogP contribution in [0.4, 0.5) is 0 Å². The summed E-state index contributed by atoms with van der Waals surface area (Å²) in [4.78, 5) is 25.3. The third-order valence-electron chi connectivity index (χ3n) is 5.28. The number of nitrogens with two attached hydrogens (primary N) is 1. The summed E-state index contributed by atoms with van der Waals surface area (Å²) in [5.41, 5.74) is 9.04. The Kier molecular flexibility index (Phi) is 7.16. The number of carbonyl (C=O) groups is 2. The number of rotatable bonds is 7. The van der Waals surface area contributed by atoms with Crippen LogP contribution in [-0.2, 0) is 17.8 Å². The van der Waals surface area contributed by atoms with E-state index in [1.165, 1.54) is 0 Å². The van der Waals surface area contributed by atoms with E-state index >= 15 is 0 Å². The van der Waals surface area contributed by atoms with E-state index in [0.29, 0.717) is 38.1 Å². The third kappa shape index (κ3) is 5.35. The highest BCUT2D eigenvalue weighted by atomic mass is 35.5. The topological polar surface area (TPSA) is 114 Å². The zero-order valence-electron chi connectivity index (χ0n) is 18.3. The molecule has 1 aromatic heterocycles. The lowest BCUT2D eigenvalue weighted by atomic mass is 10.0. The van der Waals surface area contributed by atoms with Crippen molar-refractivity contribution in [1.29, 1.82) is 5.26 Å². The molecular weight excluding hydrogens is 485 g/mol. The van der Waals surface area contributed by atoms with Crippen LogP contribution in [0.1, 0.15) is 27.2 Å². The number of hydrogen-bond donors (Lipinski definition) is 2. The van der Waals surface area contributed by atoms with Crippen LogP contribution in [0.5, 0.6) is 0 Å². The van der Waals surface area contributed by atoms with Crippen molar-refractivity contribution in [3.05, 3.63) is 105 Å². The first kappa shape index (κ1) is 24.0. The van der Waals surface area contributed by atoms with Gasteiger partial charge in [0.05, 0.1) is 34.5 Å². The van der Waals surface area contributed by atoms with E-state index in [4.69, 9.17) is 34.2 Å². The first-order valence-corrected chi connectivity index (χ1v) is 11.3. The molecule has 0 radical (unpaired) electrons. The van der Waals surface area contributed by atoms with Crippen LogP contribution in [0, 0.1) is 11.3 Å². The van der Waals surface area contributed by atoms with Crippen molar-refractivity contribution in [3.63, 3.8) is 0 Å². The molecule has 0 unspecified atom stereocenters. The van der Waals surface area contributed by atoms with Gasteiger partial charge in [-0.05, 0) is 42.0 Å². The summed E-state index contributed by atoms with van der Waals surface area (Å²) < 4.78 is 1.54. The zero-order chi connectivity index (χ0) is 24.9. The van der Waals surface area contributed by atoms with E-state index < -0.39 is 11.8 Å². The second-order valence-corrected chi connectivity index (χ2v) is 8.52. The van der Waals surface area contributed by atoms with Crippen LogP contribution in [0.2, 0.25) is 10.0 Å². The molecule has 1 heterocycles. The van der Waals surface area contributed by atoms with E-state index in [1.54, 1.807) is 77.5 Å². The van der Waals surface area contributed by atoms with Gasteiger partial charge in [-0.2, -0.15) is 10.4 Å². The van der Waals surface area contributed by atoms with Crippen molar-refractivity contribution >= 4 is 35.0 Å². The Morgan fingerprint density at radius 2 is 1.69 bits per heavy atom. The Labute approximate surface area is 211 Å². The van der Waals surface area contributed by atoms with Gasteiger partial charge < -0.3 is 11.1 Å². The molecule has 2 amide bonds. The van der Waals surface area contributed by atoms with Gasteiger partial charge in [-0.25, -0.2) is 4.68 Å². The van der Waals surface area contributed by atoms with Crippen molar-refractivity contribution in [3.8, 4) is 23.0 Å². The SMILES string of the molecule is N#Cc1ccc(CNC(=O)c2nn(-c3ccccc3Cl)c(-c3ccc(Cl)cc3)c2CC(N)=O)cc1. The van der Waals surface area contributed by atoms with Gasteiger partial charge >= 0.3 is 0 Å². The standard InChI is InChI=1S/C26H19Cl2N5O2/c27-19-11-9-18(10-12-19)25-20(13-23(30)34)24(32-33(25)22-4-2-1-3-21(22)28)26(35)31-15-17-7-5-16(14-29)6-8-17/h1-12H,13,15H2,(H2,30,34)(H,31,35). The molecule has 0 atom stereocenters. The van der Waals surface area contributed by atoms with Gasteiger partial charge in [0, 0.05) is 22.7 Å². The maximum atomic E-state index is 13.3. The van der Waals surface area contributed by atoms with Crippen LogP contribution < -0.4 is 11.1 Å². The predicted molar refractivity (Wildman–Crippen MR) is 134 cm³/mol. The molecule has 7 nitrogen and oxygen atoms in total. The summed E-state index contributed by atoms with van der Waals surface area (Å²) in [6.45, 7) is 0.204. The van der Waals surface area contributed by atoms with Gasteiger partial charge in [-0.15, -0.1) is 0 Å². The largest absolute Gasteiger partial charge is 0.369 e. The van der Waals surface area contributed by atoms with Crippen molar-refractivity contribution in [2.75, 3.05) is 0 Å². The highest BCUT2D eigenvalue weighted by Gasteiger charge is 2.26. The number of nitrogens with zero attached hydrogens (tertiary/aromatic N) is 3. The van der Waals surface area contributed by atoms with Crippen molar-refractivity contribution in [2.24, 2.45) is 5.73 Å². The molecular formula is C26H19Cl2N5O2. The minimum atomic E-state index is -0.611. The third-order valence-corrected chi connectivity index (χ3v) is 5.86. The molecule has 0 spiro atoms. The molecule has 174 valence electrons. The average Bonchev–Trinajstić information content (AvgIpc) is 3.22. The van der Waals surface area contributed by atoms with Gasteiger partial charge in [0.1, 0.15) is 0 Å². The van der Waals surface area contributed by atoms with E-state index in [0.717, 1.165) is 5.56 Å². The Morgan fingerprint density at radius 1 is 1.00 bits per heavy atom. The fraction of sp³-hybridized carbons (Fsp3) is 0.0769. The quantitative estimate of drug-likeness (QED) is 0.381. The van der Waals surface area contributed by atoms with E-state index in [9.17, 15) is 9.59 Å². The number of para-hydroxylation sites is 1. The highest BCUT2D eigenvalue weighted by molar-refractivity contribution is 6.32. The molecule has 3 aromatic carbocycles. The number of benzene rings is 3. The van der Waals surface area contributed by atoms with Gasteiger partial charge in [0.25, 0.3) is 5.91 Å². The monoisotopic (exact) mass is 503 g/mol. The van der Waals surface area contributed by atoms with Crippen LogP contribution in [0.25, 0.3) is 16.9 Å². The molecule has 0 saturated carbocycles. The highest BCUT2D eigenvalue weighted by Crippen LogP contribution is 2.33. The number of carbonyl (C=O) groups excluding carboxylic acids is 2. The Bertz CT molecular complexity index is 1440. The minimum absolute atomic E-state index is 0.0577. The van der Waals surface area contributed by atoms with Crippen LogP contribution in [-0.4, -0.2) is 21.6 Å². The second kappa shape index (κ2) is 10.4. The fourth-order valence-corrected chi connectivity index (χ4v) is 3.98. The molecule has 0 aliphatic carbocycles. The van der Waals surface area contributed by atoms with Gasteiger partial charge in [0.2, 0.25) is 5.91 Å². The number of nitrogens with one attached hydrogen (secondary N) is 1. The summed E-state index contributed by atoms with van der Waals surface area (Å²) in [6, 6.07) is 22.9. The molecule has 0 aliphatic rings. The molecule has 0 saturated heterocycles. The summed E-state index contributed by atoms with van der Waals surface area (Å²) in [6.07, 6.45) is -0.206. The van der Waals surface area contributed by atoms with E-state index in [1.807, 2.05) is 0 Å². The van der Waals surface area contributed by atoms with Crippen molar-refractivity contribution in [2.45, 2.75) is 13.0 Å². The number of hydrogen-bond acceptors (Lipinski definition) is 4. The first-order chi connectivity index (χ1) is 16.9. The van der Waals surface area contributed by atoms with Gasteiger partial charge in [0.15, 0.2) is 5.69 Å². The summed E-state index contributed by atoms with van der Waals surface area (Å²) >= 11 is 12.5. The van der Waals surface area contributed by atoms with Crippen molar-refractivity contribution < 1.29 is 9.59 Å². The molecule has 0 fully saturated rings. The number of primary amides is 1. The summed E-state index contributed by atoms with van der Waals surface area (Å²) in [5, 5.41) is 17.3. The van der Waals surface area contributed by atoms with Crippen LogP contribution in [0.3, 0.4) is 0 Å². The van der Waals surface area contributed by atoms with Gasteiger partial charge in [-0.1, -0.05) is 59.6 Å². The molecule has 3 N–H and O–H groups in total. The fourth-order valence-electron chi connectivity index (χ4n) is 3.64. The van der Waals surface area contributed by atoms with E-state index in [2.05, 4.69) is 16.5 Å². The Balaban J connectivity index is 1.81. The lowest BCUT2D eigenvalue weighted by molar-refractivity contribution is -0.117. The van der Waals surface area contributed by atoms with E-state index in [-0.39, 0.29) is 18.7 Å². The number of halogens is 2. The number of aromatic nitrogens is 2. The van der Waals surface area contributed by atoms with Gasteiger partial charge in [-0.3, -0.25) is 9.59 Å². The Hall–Kier alpha value is -4.12. The number of amides is 2. The van der Waals surface area contributed by atoms with Crippen molar-refractivity contribution in [1.82, 2.24) is 15.1 Å². The van der Waals surface area contributed by atoms with Crippen LogP contribution in [0.15, 0.2) is 72.8 Å². The Morgan fingerprint density at radius 3 is 2.31 bits per heavy atom. The van der Waals surface area contributed by atoms with Crippen LogP contribution >= 0.6 is 23.2 Å². The lowest BCUT2D eigenvalue weighted by Crippen LogP contribution is -2.25. The maximum absolute atomic E-state index is 13.3.